The van der Waals surface area contributed by atoms with Crippen molar-refractivity contribution in [3.05, 3.63) is 47.3 Å². The topological polar surface area (TPSA) is 136 Å². The molecule has 1 amide bonds. The number of aromatic nitrogens is 2. The van der Waals surface area contributed by atoms with Crippen molar-refractivity contribution in [3.8, 4) is 5.75 Å². The average molecular weight is 639 g/mol. The van der Waals surface area contributed by atoms with Crippen LogP contribution < -0.4 is 4.74 Å². The van der Waals surface area contributed by atoms with E-state index in [1.54, 1.807) is 0 Å². The van der Waals surface area contributed by atoms with Crippen LogP contribution in [0.15, 0.2) is 30.3 Å². The lowest BCUT2D eigenvalue weighted by Gasteiger charge is -2.39. The molecule has 2 fully saturated rings. The predicted octanol–water partition coefficient (Wildman–Crippen LogP) is 5.15. The summed E-state index contributed by atoms with van der Waals surface area (Å²) in [6, 6.07) is 10.3. The van der Waals surface area contributed by atoms with Crippen LogP contribution in [0, 0.1) is 18.3 Å². The average Bonchev–Trinajstić information content (AvgIpc) is 3.54. The lowest BCUT2D eigenvalue weighted by molar-refractivity contribution is -0.193. The number of rotatable bonds is 6. The van der Waals surface area contributed by atoms with Crippen LogP contribution in [0.2, 0.25) is 0 Å². The fraction of sp³-hybridized carbons (Fsp3) is 0.571. The second-order valence-corrected chi connectivity index (χ2v) is 11.1. The number of aromatic amines is 1. The number of likely N-dealkylation sites (tertiary alicyclic amines) is 2. The molecule has 1 aromatic heterocycles. The second kappa shape index (κ2) is 15.3. The van der Waals surface area contributed by atoms with Crippen molar-refractivity contribution in [2.45, 2.75) is 58.9 Å². The Morgan fingerprint density at radius 2 is 1.50 bits per heavy atom. The first-order valence-electron chi connectivity index (χ1n) is 13.7. The van der Waals surface area contributed by atoms with Crippen LogP contribution in [0.5, 0.6) is 5.75 Å². The van der Waals surface area contributed by atoms with Crippen molar-refractivity contribution in [2.24, 2.45) is 11.3 Å². The molecule has 1 spiro atoms. The minimum absolute atomic E-state index is 0.0558. The summed E-state index contributed by atoms with van der Waals surface area (Å²) in [6.45, 7) is 11.8. The van der Waals surface area contributed by atoms with Crippen molar-refractivity contribution in [1.29, 1.82) is 0 Å². The number of alkyl halides is 6. The van der Waals surface area contributed by atoms with Gasteiger partial charge in [0.2, 0.25) is 0 Å². The number of para-hydroxylation sites is 1. The van der Waals surface area contributed by atoms with Crippen molar-refractivity contribution in [2.75, 3.05) is 32.8 Å². The van der Waals surface area contributed by atoms with Gasteiger partial charge in [0.1, 0.15) is 11.4 Å². The Hall–Kier alpha value is -3.82. The van der Waals surface area contributed by atoms with E-state index in [0.717, 1.165) is 63.6 Å². The highest BCUT2D eigenvalue weighted by Gasteiger charge is 2.42. The van der Waals surface area contributed by atoms with Crippen LogP contribution >= 0.6 is 0 Å². The zero-order chi connectivity index (χ0) is 33.3. The van der Waals surface area contributed by atoms with Crippen molar-refractivity contribution in [1.82, 2.24) is 20.0 Å². The summed E-state index contributed by atoms with van der Waals surface area (Å²) in [4.78, 5) is 35.0. The number of nitrogens with one attached hydrogen (secondary N) is 1. The number of H-pyrrole nitrogens is 1. The molecule has 0 radical (unpaired) electrons. The number of carbonyl (C=O) groups is 3. The highest BCUT2D eigenvalue weighted by Crippen LogP contribution is 2.41. The van der Waals surface area contributed by atoms with E-state index in [-0.39, 0.29) is 5.91 Å². The molecule has 0 unspecified atom stereocenters. The Labute approximate surface area is 250 Å². The molecule has 2 aliphatic heterocycles. The number of nitrogens with zero attached hydrogens (tertiary/aromatic N) is 3. The van der Waals surface area contributed by atoms with Gasteiger partial charge in [0.15, 0.2) is 0 Å². The van der Waals surface area contributed by atoms with Gasteiger partial charge in [-0.2, -0.15) is 31.4 Å². The van der Waals surface area contributed by atoms with E-state index in [2.05, 4.69) is 53.2 Å². The molecule has 0 bridgehead atoms. The maximum Gasteiger partial charge on any atom is 0.490 e. The lowest BCUT2D eigenvalue weighted by atomic mass is 9.77. The summed E-state index contributed by atoms with van der Waals surface area (Å²) < 4.78 is 69.5. The molecule has 2 aliphatic rings. The van der Waals surface area contributed by atoms with Gasteiger partial charge in [-0.05, 0) is 56.2 Å². The summed E-state index contributed by atoms with van der Waals surface area (Å²) in [7, 11) is 0. The quantitative estimate of drug-likeness (QED) is 0.370. The van der Waals surface area contributed by atoms with Gasteiger partial charge in [0.25, 0.3) is 5.91 Å². The number of hydrogen-bond donors (Lipinski definition) is 3. The standard InChI is InChI=1S/C24H34N4O2.2C2HF3O2/c1-18(2)16-30-22-7-5-4-6-20(22)15-27-11-8-24(17-27)9-12-28(13-10-24)23(29)21-14-19(3)25-26-21;2*3-2(4,5)1(6)7/h4-7,14,18H,8-13,15-17H2,1-3H3,(H,25,26);2*(H,6,7). The van der Waals surface area contributed by atoms with Gasteiger partial charge in [0, 0.05) is 37.4 Å². The van der Waals surface area contributed by atoms with Gasteiger partial charge in [-0.1, -0.05) is 32.0 Å². The first-order valence-corrected chi connectivity index (χ1v) is 13.7. The third kappa shape index (κ3) is 11.4. The number of piperidine rings is 1. The molecule has 246 valence electrons. The number of carboxylic acids is 2. The summed E-state index contributed by atoms with van der Waals surface area (Å²) in [6.07, 6.45) is -6.81. The number of ether oxygens (including phenoxy) is 1. The lowest BCUT2D eigenvalue weighted by Crippen LogP contribution is -2.44. The van der Waals surface area contributed by atoms with Crippen LogP contribution in [0.1, 0.15) is 54.9 Å². The van der Waals surface area contributed by atoms with E-state index in [0.29, 0.717) is 17.0 Å². The number of carboxylic acid groups (broad SMARTS) is 2. The minimum atomic E-state index is -5.08. The third-order valence-corrected chi connectivity index (χ3v) is 6.98. The number of amides is 1. The largest absolute Gasteiger partial charge is 0.493 e. The maximum absolute atomic E-state index is 12.7. The molecule has 1 aromatic carbocycles. The fourth-order valence-electron chi connectivity index (χ4n) is 4.72. The zero-order valence-electron chi connectivity index (χ0n) is 24.5. The van der Waals surface area contributed by atoms with E-state index in [1.165, 1.54) is 12.0 Å². The third-order valence-electron chi connectivity index (χ3n) is 6.98. The number of carbonyl (C=O) groups excluding carboxylic acids is 1. The number of benzene rings is 1. The highest BCUT2D eigenvalue weighted by atomic mass is 19.4. The van der Waals surface area contributed by atoms with Gasteiger partial charge < -0.3 is 19.8 Å². The molecule has 4 rings (SSSR count). The molecule has 0 atom stereocenters. The summed E-state index contributed by atoms with van der Waals surface area (Å²) >= 11 is 0. The molecule has 2 aromatic rings. The number of aryl methyl sites for hydroxylation is 1. The van der Waals surface area contributed by atoms with Gasteiger partial charge in [-0.15, -0.1) is 0 Å². The highest BCUT2D eigenvalue weighted by molar-refractivity contribution is 5.92. The van der Waals surface area contributed by atoms with E-state index in [9.17, 15) is 31.1 Å². The molecule has 3 heterocycles. The Balaban J connectivity index is 0.000000402. The number of halogens is 6. The van der Waals surface area contributed by atoms with E-state index < -0.39 is 24.3 Å². The van der Waals surface area contributed by atoms with E-state index in [1.807, 2.05) is 17.9 Å². The zero-order valence-corrected chi connectivity index (χ0v) is 24.5. The Bertz CT molecular complexity index is 1230. The van der Waals surface area contributed by atoms with Crippen LogP contribution in [-0.2, 0) is 16.1 Å². The monoisotopic (exact) mass is 638 g/mol. The Morgan fingerprint density at radius 3 is 1.98 bits per heavy atom. The molecule has 10 nitrogen and oxygen atoms in total. The number of aliphatic carboxylic acids is 2. The van der Waals surface area contributed by atoms with E-state index >= 15 is 0 Å². The van der Waals surface area contributed by atoms with Crippen molar-refractivity contribution < 1.29 is 55.7 Å². The van der Waals surface area contributed by atoms with Gasteiger partial charge in [0.05, 0.1) is 6.61 Å². The summed E-state index contributed by atoms with van der Waals surface area (Å²) in [5.41, 5.74) is 3.08. The molecule has 0 aliphatic carbocycles. The van der Waals surface area contributed by atoms with Gasteiger partial charge in [-0.25, -0.2) is 9.59 Å². The molecule has 0 saturated carbocycles. The summed E-state index contributed by atoms with van der Waals surface area (Å²) in [5, 5.41) is 21.3. The first kappa shape index (κ1) is 36.4. The Kier molecular flexibility index (Phi) is 12.6. The molecular formula is C28H36F6N4O6. The van der Waals surface area contributed by atoms with E-state index in [4.69, 9.17) is 24.5 Å². The fourth-order valence-corrected chi connectivity index (χ4v) is 4.72. The normalized spacial score (nSPS) is 16.5. The SMILES string of the molecule is Cc1cc(C(=O)N2CCC3(CCN(Cc4ccccc4OCC(C)C)C3)CC2)n[nH]1.O=C(O)C(F)(F)F.O=C(O)C(F)(F)F. The number of hydrogen-bond acceptors (Lipinski definition) is 6. The second-order valence-electron chi connectivity index (χ2n) is 11.1. The molecule has 2 saturated heterocycles. The van der Waals surface area contributed by atoms with Gasteiger partial charge >= 0.3 is 24.3 Å². The van der Waals surface area contributed by atoms with Crippen molar-refractivity contribution in [3.63, 3.8) is 0 Å². The molecular weight excluding hydrogens is 602 g/mol. The predicted molar refractivity (Wildman–Crippen MR) is 145 cm³/mol. The van der Waals surface area contributed by atoms with Gasteiger partial charge in [-0.3, -0.25) is 14.8 Å². The molecule has 16 heteroatoms. The smallest absolute Gasteiger partial charge is 0.490 e. The Morgan fingerprint density at radius 1 is 0.977 bits per heavy atom. The van der Waals surface area contributed by atoms with Crippen LogP contribution in [0.25, 0.3) is 0 Å². The van der Waals surface area contributed by atoms with Crippen LogP contribution in [-0.4, -0.2) is 93.2 Å². The summed E-state index contributed by atoms with van der Waals surface area (Å²) in [5.74, 6) is -3.92. The first-order chi connectivity index (χ1) is 20.3. The maximum atomic E-state index is 12.7. The van der Waals surface area contributed by atoms with Crippen LogP contribution in [0.4, 0.5) is 26.3 Å². The van der Waals surface area contributed by atoms with Crippen molar-refractivity contribution >= 4 is 17.8 Å². The molecule has 44 heavy (non-hydrogen) atoms. The molecule has 3 N–H and O–H groups in total. The minimum Gasteiger partial charge on any atom is -0.493 e. The van der Waals surface area contributed by atoms with Crippen LogP contribution in [0.3, 0.4) is 0 Å².